The summed E-state index contributed by atoms with van der Waals surface area (Å²) in [5.74, 6) is -0.183. The summed E-state index contributed by atoms with van der Waals surface area (Å²) in [6, 6.07) is 11.5. The van der Waals surface area contributed by atoms with Gasteiger partial charge in [0.05, 0.1) is 11.9 Å². The van der Waals surface area contributed by atoms with E-state index in [-0.39, 0.29) is 5.91 Å². The SMILES string of the molecule is CN(C)c1ccc(NC(=O)c2ccc(N3CCCCC3)cn2)cc1. The lowest BCUT2D eigenvalue weighted by molar-refractivity contribution is 0.102. The summed E-state index contributed by atoms with van der Waals surface area (Å²) in [4.78, 5) is 21.0. The summed E-state index contributed by atoms with van der Waals surface area (Å²) in [5, 5.41) is 2.89. The highest BCUT2D eigenvalue weighted by atomic mass is 16.1. The van der Waals surface area contributed by atoms with Crippen molar-refractivity contribution in [2.75, 3.05) is 42.3 Å². The zero-order chi connectivity index (χ0) is 16.9. The first-order valence-electron chi connectivity index (χ1n) is 8.43. The number of hydrogen-bond donors (Lipinski definition) is 1. The lowest BCUT2D eigenvalue weighted by atomic mass is 10.1. The van der Waals surface area contributed by atoms with E-state index in [1.54, 1.807) is 12.3 Å². The molecule has 5 nitrogen and oxygen atoms in total. The van der Waals surface area contributed by atoms with E-state index in [0.717, 1.165) is 30.2 Å². The smallest absolute Gasteiger partial charge is 0.274 e. The molecule has 1 aliphatic rings. The standard InChI is InChI=1S/C19H24N4O/c1-22(2)16-8-6-15(7-9-16)21-19(24)18-11-10-17(14-20-18)23-12-4-3-5-13-23/h6-11,14H,3-5,12-13H2,1-2H3,(H,21,24). The number of aromatic nitrogens is 1. The van der Waals surface area contributed by atoms with Gasteiger partial charge in [-0.15, -0.1) is 0 Å². The van der Waals surface area contributed by atoms with Crippen molar-refractivity contribution in [1.29, 1.82) is 0 Å². The normalized spacial score (nSPS) is 14.3. The lowest BCUT2D eigenvalue weighted by Crippen LogP contribution is -2.29. The Kier molecular flexibility index (Phi) is 4.99. The van der Waals surface area contributed by atoms with Crippen LogP contribution in [0, 0.1) is 0 Å². The second-order valence-corrected chi connectivity index (χ2v) is 6.34. The van der Waals surface area contributed by atoms with Crippen molar-refractivity contribution in [2.24, 2.45) is 0 Å². The van der Waals surface area contributed by atoms with Gasteiger partial charge in [-0.25, -0.2) is 4.98 Å². The van der Waals surface area contributed by atoms with Gasteiger partial charge in [0.15, 0.2) is 0 Å². The number of nitrogens with one attached hydrogen (secondary N) is 1. The Balaban J connectivity index is 1.64. The van der Waals surface area contributed by atoms with E-state index >= 15 is 0 Å². The van der Waals surface area contributed by atoms with E-state index in [9.17, 15) is 4.79 Å². The molecule has 1 amide bonds. The fourth-order valence-electron chi connectivity index (χ4n) is 2.90. The second-order valence-electron chi connectivity index (χ2n) is 6.34. The van der Waals surface area contributed by atoms with Crippen molar-refractivity contribution in [1.82, 2.24) is 4.98 Å². The molecule has 24 heavy (non-hydrogen) atoms. The van der Waals surface area contributed by atoms with E-state index < -0.39 is 0 Å². The number of amides is 1. The van der Waals surface area contributed by atoms with Gasteiger partial charge in [0, 0.05) is 38.6 Å². The van der Waals surface area contributed by atoms with Gasteiger partial charge < -0.3 is 15.1 Å². The number of pyridine rings is 1. The Morgan fingerprint density at radius 3 is 2.33 bits per heavy atom. The molecule has 126 valence electrons. The average Bonchev–Trinajstić information content (AvgIpc) is 2.63. The van der Waals surface area contributed by atoms with Crippen LogP contribution < -0.4 is 15.1 Å². The minimum absolute atomic E-state index is 0.183. The number of rotatable bonds is 4. The van der Waals surface area contributed by atoms with Crippen molar-refractivity contribution >= 4 is 23.0 Å². The Morgan fingerprint density at radius 1 is 1.04 bits per heavy atom. The van der Waals surface area contributed by atoms with Gasteiger partial charge in [0.2, 0.25) is 0 Å². The minimum Gasteiger partial charge on any atom is -0.378 e. The number of nitrogens with zero attached hydrogens (tertiary/aromatic N) is 3. The van der Waals surface area contributed by atoms with Crippen molar-refractivity contribution in [3.8, 4) is 0 Å². The molecule has 3 rings (SSSR count). The van der Waals surface area contributed by atoms with E-state index in [1.165, 1.54) is 19.3 Å². The molecule has 1 N–H and O–H groups in total. The first-order chi connectivity index (χ1) is 11.6. The number of carbonyl (C=O) groups excluding carboxylic acids is 1. The fourth-order valence-corrected chi connectivity index (χ4v) is 2.90. The van der Waals surface area contributed by atoms with Crippen LogP contribution in [0.3, 0.4) is 0 Å². The zero-order valence-electron chi connectivity index (χ0n) is 14.3. The summed E-state index contributed by atoms with van der Waals surface area (Å²) >= 11 is 0. The highest BCUT2D eigenvalue weighted by molar-refractivity contribution is 6.03. The predicted molar refractivity (Wildman–Crippen MR) is 99.0 cm³/mol. The van der Waals surface area contributed by atoms with Crippen LogP contribution in [0.1, 0.15) is 29.8 Å². The number of anilines is 3. The van der Waals surface area contributed by atoms with Crippen molar-refractivity contribution in [3.63, 3.8) is 0 Å². The summed E-state index contributed by atoms with van der Waals surface area (Å²) in [6.45, 7) is 2.15. The highest BCUT2D eigenvalue weighted by Gasteiger charge is 2.13. The largest absolute Gasteiger partial charge is 0.378 e. The van der Waals surface area contributed by atoms with Gasteiger partial charge in [0.25, 0.3) is 5.91 Å². The monoisotopic (exact) mass is 324 g/mol. The van der Waals surface area contributed by atoms with Gasteiger partial charge >= 0.3 is 0 Å². The molecule has 2 heterocycles. The van der Waals surface area contributed by atoms with Crippen molar-refractivity contribution in [2.45, 2.75) is 19.3 Å². The van der Waals surface area contributed by atoms with Crippen LogP contribution in [0.25, 0.3) is 0 Å². The average molecular weight is 324 g/mol. The Morgan fingerprint density at radius 2 is 1.75 bits per heavy atom. The highest BCUT2D eigenvalue weighted by Crippen LogP contribution is 2.20. The van der Waals surface area contributed by atoms with E-state index in [0.29, 0.717) is 5.69 Å². The maximum atomic E-state index is 12.3. The summed E-state index contributed by atoms with van der Waals surface area (Å²) in [6.07, 6.45) is 5.56. The van der Waals surface area contributed by atoms with Crippen LogP contribution in [-0.2, 0) is 0 Å². The maximum absolute atomic E-state index is 12.3. The molecule has 0 aliphatic carbocycles. The maximum Gasteiger partial charge on any atom is 0.274 e. The molecule has 0 unspecified atom stereocenters. The molecule has 0 bridgehead atoms. The molecule has 0 saturated carbocycles. The Hall–Kier alpha value is -2.56. The molecule has 0 radical (unpaired) electrons. The molecule has 1 aliphatic heterocycles. The third-order valence-corrected chi connectivity index (χ3v) is 4.34. The molecular weight excluding hydrogens is 300 g/mol. The topological polar surface area (TPSA) is 48.5 Å². The van der Waals surface area contributed by atoms with Crippen LogP contribution in [0.5, 0.6) is 0 Å². The van der Waals surface area contributed by atoms with Crippen LogP contribution in [-0.4, -0.2) is 38.1 Å². The molecule has 1 aromatic carbocycles. The quantitative estimate of drug-likeness (QED) is 0.936. The summed E-state index contributed by atoms with van der Waals surface area (Å²) < 4.78 is 0. The lowest BCUT2D eigenvalue weighted by Gasteiger charge is -2.28. The molecule has 5 heteroatoms. The fraction of sp³-hybridized carbons (Fsp3) is 0.368. The van der Waals surface area contributed by atoms with E-state index in [4.69, 9.17) is 0 Å². The predicted octanol–water partition coefficient (Wildman–Crippen LogP) is 3.39. The molecule has 1 aromatic heterocycles. The van der Waals surface area contributed by atoms with Gasteiger partial charge in [-0.05, 0) is 55.7 Å². The molecule has 0 spiro atoms. The first-order valence-corrected chi connectivity index (χ1v) is 8.43. The molecule has 1 fully saturated rings. The number of piperidine rings is 1. The summed E-state index contributed by atoms with van der Waals surface area (Å²) in [7, 11) is 3.98. The first kappa shape index (κ1) is 16.3. The number of carbonyl (C=O) groups is 1. The van der Waals surface area contributed by atoms with Crippen molar-refractivity contribution in [3.05, 3.63) is 48.3 Å². The summed E-state index contributed by atoms with van der Waals surface area (Å²) in [5.41, 5.74) is 3.40. The Labute approximate surface area is 143 Å². The molecular formula is C19H24N4O. The Bertz CT molecular complexity index is 674. The van der Waals surface area contributed by atoms with Crippen LogP contribution >= 0.6 is 0 Å². The van der Waals surface area contributed by atoms with Crippen LogP contribution in [0.15, 0.2) is 42.6 Å². The van der Waals surface area contributed by atoms with E-state index in [2.05, 4.69) is 15.2 Å². The zero-order valence-corrected chi connectivity index (χ0v) is 14.3. The van der Waals surface area contributed by atoms with E-state index in [1.807, 2.05) is 49.3 Å². The van der Waals surface area contributed by atoms with Crippen LogP contribution in [0.2, 0.25) is 0 Å². The second kappa shape index (κ2) is 7.34. The molecule has 1 saturated heterocycles. The van der Waals surface area contributed by atoms with Crippen LogP contribution in [0.4, 0.5) is 17.1 Å². The molecule has 0 atom stereocenters. The number of benzene rings is 1. The minimum atomic E-state index is -0.183. The molecule has 2 aromatic rings. The van der Waals surface area contributed by atoms with Crippen molar-refractivity contribution < 1.29 is 4.79 Å². The van der Waals surface area contributed by atoms with Gasteiger partial charge in [-0.2, -0.15) is 0 Å². The number of hydrogen-bond acceptors (Lipinski definition) is 4. The van der Waals surface area contributed by atoms with Gasteiger partial charge in [-0.3, -0.25) is 4.79 Å². The van der Waals surface area contributed by atoms with Gasteiger partial charge in [-0.1, -0.05) is 0 Å². The third-order valence-electron chi connectivity index (χ3n) is 4.34. The third kappa shape index (κ3) is 3.85. The van der Waals surface area contributed by atoms with Gasteiger partial charge in [0.1, 0.15) is 5.69 Å².